The molecule has 1 amide bonds. The van der Waals surface area contributed by atoms with Crippen molar-refractivity contribution in [3.05, 3.63) is 58.4 Å². The first-order valence-corrected chi connectivity index (χ1v) is 8.92. The first kappa shape index (κ1) is 15.1. The Morgan fingerprint density at radius 3 is 2.96 bits per heavy atom. The van der Waals surface area contributed by atoms with Crippen LogP contribution < -0.4 is 0 Å². The molecule has 1 saturated heterocycles. The van der Waals surface area contributed by atoms with Crippen LogP contribution in [0.3, 0.4) is 0 Å². The fourth-order valence-electron chi connectivity index (χ4n) is 3.26. The zero-order valence-electron chi connectivity index (χ0n) is 13.4. The number of pyridine rings is 1. The Hall–Kier alpha value is -2.47. The number of likely N-dealkylation sites (tertiary alicyclic amines) is 1. The van der Waals surface area contributed by atoms with E-state index in [4.69, 9.17) is 0 Å². The summed E-state index contributed by atoms with van der Waals surface area (Å²) in [5.41, 5.74) is 3.65. The van der Waals surface area contributed by atoms with Gasteiger partial charge in [0, 0.05) is 36.1 Å². The summed E-state index contributed by atoms with van der Waals surface area (Å²) in [5.74, 6) is 0.0486. The number of aromatic nitrogens is 3. The topological polar surface area (TPSA) is 61.9 Å². The lowest BCUT2D eigenvalue weighted by Crippen LogP contribution is -2.30. The van der Waals surface area contributed by atoms with Gasteiger partial charge < -0.3 is 9.88 Å². The monoisotopic (exact) mass is 338 g/mol. The van der Waals surface area contributed by atoms with Crippen LogP contribution in [-0.4, -0.2) is 32.3 Å². The highest BCUT2D eigenvalue weighted by Gasteiger charge is 2.31. The minimum absolute atomic E-state index is 0.0486. The molecule has 0 aliphatic carbocycles. The van der Waals surface area contributed by atoms with E-state index in [0.29, 0.717) is 5.69 Å². The van der Waals surface area contributed by atoms with Crippen LogP contribution in [-0.2, 0) is 0 Å². The van der Waals surface area contributed by atoms with E-state index >= 15 is 0 Å². The standard InChI is InChI=1S/C18H18N4OS/c1-12-21-16(11-24-12)14-9-15(20-10-14)18(23)22-8-2-3-17(22)13-4-6-19-7-5-13/h4-7,9-11,17,20H,2-3,8H2,1H3/t17-/m0/s1. The van der Waals surface area contributed by atoms with Gasteiger partial charge in [-0.05, 0) is 43.5 Å². The van der Waals surface area contributed by atoms with Crippen LogP contribution in [0.4, 0.5) is 0 Å². The maximum absolute atomic E-state index is 12.9. The maximum Gasteiger partial charge on any atom is 0.270 e. The summed E-state index contributed by atoms with van der Waals surface area (Å²) in [6, 6.07) is 6.02. The van der Waals surface area contributed by atoms with Gasteiger partial charge in [-0.3, -0.25) is 9.78 Å². The van der Waals surface area contributed by atoms with E-state index in [2.05, 4.69) is 15.0 Å². The molecule has 4 heterocycles. The van der Waals surface area contributed by atoms with Crippen LogP contribution in [0.5, 0.6) is 0 Å². The van der Waals surface area contributed by atoms with E-state index in [1.165, 1.54) is 0 Å². The van der Waals surface area contributed by atoms with Crippen molar-refractivity contribution in [1.29, 1.82) is 0 Å². The number of amides is 1. The molecule has 5 nitrogen and oxygen atoms in total. The number of carbonyl (C=O) groups excluding carboxylic acids is 1. The number of nitrogens with zero attached hydrogens (tertiary/aromatic N) is 3. The number of aryl methyl sites for hydroxylation is 1. The molecular formula is C18H18N4OS. The number of hydrogen-bond acceptors (Lipinski definition) is 4. The zero-order chi connectivity index (χ0) is 16.5. The van der Waals surface area contributed by atoms with E-state index < -0.39 is 0 Å². The van der Waals surface area contributed by atoms with E-state index in [-0.39, 0.29) is 11.9 Å². The summed E-state index contributed by atoms with van der Waals surface area (Å²) in [6.45, 7) is 2.77. The molecule has 3 aromatic rings. The van der Waals surface area contributed by atoms with Crippen molar-refractivity contribution >= 4 is 17.2 Å². The largest absolute Gasteiger partial charge is 0.357 e. The molecule has 6 heteroatoms. The van der Waals surface area contributed by atoms with Gasteiger partial charge in [-0.1, -0.05) is 0 Å². The molecule has 1 atom stereocenters. The number of thiazole rings is 1. The Bertz CT molecular complexity index is 855. The van der Waals surface area contributed by atoms with Crippen molar-refractivity contribution in [2.75, 3.05) is 6.54 Å². The Morgan fingerprint density at radius 2 is 2.21 bits per heavy atom. The second-order valence-electron chi connectivity index (χ2n) is 5.99. The Balaban J connectivity index is 1.58. The van der Waals surface area contributed by atoms with Crippen molar-refractivity contribution in [2.45, 2.75) is 25.8 Å². The Morgan fingerprint density at radius 1 is 1.38 bits per heavy atom. The number of H-pyrrole nitrogens is 1. The van der Waals surface area contributed by atoms with E-state index in [9.17, 15) is 4.79 Å². The number of carbonyl (C=O) groups is 1. The molecule has 0 radical (unpaired) electrons. The molecule has 0 unspecified atom stereocenters. The van der Waals surface area contributed by atoms with Crippen molar-refractivity contribution in [3.63, 3.8) is 0 Å². The lowest BCUT2D eigenvalue weighted by atomic mass is 10.1. The van der Waals surface area contributed by atoms with Crippen LogP contribution in [0.25, 0.3) is 11.3 Å². The SMILES string of the molecule is Cc1nc(-c2c[nH]c(C(=O)N3CCC[C@H]3c3ccncc3)c2)cs1. The van der Waals surface area contributed by atoms with Gasteiger partial charge in [0.2, 0.25) is 0 Å². The van der Waals surface area contributed by atoms with Gasteiger partial charge in [-0.25, -0.2) is 4.98 Å². The maximum atomic E-state index is 12.9. The molecule has 1 aliphatic rings. The highest BCUT2D eigenvalue weighted by atomic mass is 32.1. The van der Waals surface area contributed by atoms with E-state index in [1.54, 1.807) is 23.7 Å². The fourth-order valence-corrected chi connectivity index (χ4v) is 3.88. The Labute approximate surface area is 144 Å². The quantitative estimate of drug-likeness (QED) is 0.790. The lowest BCUT2D eigenvalue weighted by Gasteiger charge is -2.24. The van der Waals surface area contributed by atoms with Gasteiger partial charge in [-0.15, -0.1) is 11.3 Å². The van der Waals surface area contributed by atoms with Crippen LogP contribution in [0, 0.1) is 6.92 Å². The molecule has 0 spiro atoms. The summed E-state index contributed by atoms with van der Waals surface area (Å²) in [5, 5.41) is 3.04. The summed E-state index contributed by atoms with van der Waals surface area (Å²) in [6.07, 6.45) is 7.45. The van der Waals surface area contributed by atoms with Crippen molar-refractivity contribution < 1.29 is 4.79 Å². The van der Waals surface area contributed by atoms with Gasteiger partial charge >= 0.3 is 0 Å². The molecular weight excluding hydrogens is 320 g/mol. The molecule has 122 valence electrons. The van der Waals surface area contributed by atoms with Gasteiger partial charge in [0.25, 0.3) is 5.91 Å². The van der Waals surface area contributed by atoms with Crippen LogP contribution in [0.1, 0.15) is 39.9 Å². The van der Waals surface area contributed by atoms with Crippen molar-refractivity contribution in [1.82, 2.24) is 19.9 Å². The van der Waals surface area contributed by atoms with Crippen molar-refractivity contribution in [3.8, 4) is 11.3 Å². The fraction of sp³-hybridized carbons (Fsp3) is 0.278. The average Bonchev–Trinajstić information content (AvgIpc) is 3.35. The first-order valence-electron chi connectivity index (χ1n) is 8.04. The predicted molar refractivity (Wildman–Crippen MR) is 93.9 cm³/mol. The highest BCUT2D eigenvalue weighted by Crippen LogP contribution is 2.33. The van der Waals surface area contributed by atoms with Crippen LogP contribution >= 0.6 is 11.3 Å². The Kier molecular flexibility index (Phi) is 3.90. The summed E-state index contributed by atoms with van der Waals surface area (Å²) in [4.78, 5) is 26.6. The molecule has 0 saturated carbocycles. The average molecular weight is 338 g/mol. The van der Waals surface area contributed by atoms with Crippen LogP contribution in [0.2, 0.25) is 0 Å². The summed E-state index contributed by atoms with van der Waals surface area (Å²) < 4.78 is 0. The van der Waals surface area contributed by atoms with Gasteiger partial charge in [0.05, 0.1) is 16.7 Å². The number of aromatic amines is 1. The highest BCUT2D eigenvalue weighted by molar-refractivity contribution is 7.09. The molecule has 4 rings (SSSR count). The molecule has 0 bridgehead atoms. The first-order chi connectivity index (χ1) is 11.7. The summed E-state index contributed by atoms with van der Waals surface area (Å²) in [7, 11) is 0. The van der Waals surface area contributed by atoms with E-state index in [1.807, 2.05) is 41.6 Å². The second-order valence-corrected chi connectivity index (χ2v) is 7.05. The predicted octanol–water partition coefficient (Wildman–Crippen LogP) is 3.82. The number of nitrogens with one attached hydrogen (secondary N) is 1. The molecule has 3 aromatic heterocycles. The van der Waals surface area contributed by atoms with Gasteiger partial charge in [0.15, 0.2) is 0 Å². The van der Waals surface area contributed by atoms with Gasteiger partial charge in [0.1, 0.15) is 5.69 Å². The zero-order valence-corrected chi connectivity index (χ0v) is 14.2. The minimum atomic E-state index is 0.0486. The number of hydrogen-bond donors (Lipinski definition) is 1. The molecule has 1 fully saturated rings. The molecule has 1 N–H and O–H groups in total. The minimum Gasteiger partial charge on any atom is -0.357 e. The lowest BCUT2D eigenvalue weighted by molar-refractivity contribution is 0.0730. The van der Waals surface area contributed by atoms with Crippen LogP contribution in [0.15, 0.2) is 42.2 Å². The summed E-state index contributed by atoms with van der Waals surface area (Å²) >= 11 is 1.61. The van der Waals surface area contributed by atoms with Gasteiger partial charge in [-0.2, -0.15) is 0 Å². The molecule has 24 heavy (non-hydrogen) atoms. The molecule has 1 aliphatic heterocycles. The third kappa shape index (κ3) is 2.73. The molecule has 0 aromatic carbocycles. The normalized spacial score (nSPS) is 17.4. The second kappa shape index (κ2) is 6.20. The third-order valence-electron chi connectivity index (χ3n) is 4.43. The number of rotatable bonds is 3. The van der Waals surface area contributed by atoms with Crippen molar-refractivity contribution in [2.24, 2.45) is 0 Å². The van der Waals surface area contributed by atoms with E-state index in [0.717, 1.165) is 41.2 Å². The smallest absolute Gasteiger partial charge is 0.270 e. The third-order valence-corrected chi connectivity index (χ3v) is 5.21.